The maximum absolute atomic E-state index is 12.9. The lowest BCUT2D eigenvalue weighted by Gasteiger charge is -2.18. The molecule has 0 spiro atoms. The lowest BCUT2D eigenvalue weighted by molar-refractivity contribution is -0.140. The molecule has 0 aliphatic heterocycles. The Morgan fingerprint density at radius 2 is 2.00 bits per heavy atom. The monoisotopic (exact) mass is 284 g/mol. The standard InChI is InChI=1S/C10H9F5N2O2/c11-9(12)5-3-17-6(1-7(18)19)8(4(5)2-16)10(13,14)15/h3,9H,1-2,16H2,(H,18,19). The van der Waals surface area contributed by atoms with Gasteiger partial charge in [0, 0.05) is 18.3 Å². The highest BCUT2D eigenvalue weighted by molar-refractivity contribution is 5.70. The van der Waals surface area contributed by atoms with Gasteiger partial charge >= 0.3 is 12.1 Å². The largest absolute Gasteiger partial charge is 0.481 e. The van der Waals surface area contributed by atoms with Gasteiger partial charge in [-0.15, -0.1) is 0 Å². The van der Waals surface area contributed by atoms with Crippen LogP contribution in [-0.4, -0.2) is 16.1 Å². The molecule has 0 bridgehead atoms. The normalized spacial score (nSPS) is 11.9. The molecule has 0 unspecified atom stereocenters. The van der Waals surface area contributed by atoms with Gasteiger partial charge in [-0.3, -0.25) is 9.78 Å². The highest BCUT2D eigenvalue weighted by atomic mass is 19.4. The van der Waals surface area contributed by atoms with Crippen molar-refractivity contribution >= 4 is 5.97 Å². The summed E-state index contributed by atoms with van der Waals surface area (Å²) in [4.78, 5) is 13.7. The van der Waals surface area contributed by atoms with Gasteiger partial charge in [-0.1, -0.05) is 0 Å². The predicted octanol–water partition coefficient (Wildman–Crippen LogP) is 2.12. The highest BCUT2D eigenvalue weighted by Crippen LogP contribution is 2.37. The Balaban J connectivity index is 3.55. The van der Waals surface area contributed by atoms with E-state index in [2.05, 4.69) is 4.98 Å². The molecule has 106 valence electrons. The van der Waals surface area contributed by atoms with E-state index in [-0.39, 0.29) is 0 Å². The first-order valence-electron chi connectivity index (χ1n) is 4.96. The van der Waals surface area contributed by atoms with Crippen molar-refractivity contribution in [1.82, 2.24) is 4.98 Å². The fourth-order valence-electron chi connectivity index (χ4n) is 1.63. The summed E-state index contributed by atoms with van der Waals surface area (Å²) >= 11 is 0. The third kappa shape index (κ3) is 3.37. The molecule has 0 aliphatic rings. The van der Waals surface area contributed by atoms with E-state index in [0.29, 0.717) is 6.20 Å². The molecule has 0 fully saturated rings. The topological polar surface area (TPSA) is 76.2 Å². The highest BCUT2D eigenvalue weighted by Gasteiger charge is 2.39. The fourth-order valence-corrected chi connectivity index (χ4v) is 1.63. The minimum absolute atomic E-state index is 0.528. The van der Waals surface area contributed by atoms with E-state index in [1.165, 1.54) is 0 Å². The van der Waals surface area contributed by atoms with Crippen molar-refractivity contribution in [2.75, 3.05) is 0 Å². The number of aliphatic carboxylic acids is 1. The Morgan fingerprint density at radius 3 is 2.37 bits per heavy atom. The molecule has 9 heteroatoms. The average molecular weight is 284 g/mol. The van der Waals surface area contributed by atoms with Crippen LogP contribution in [0.25, 0.3) is 0 Å². The van der Waals surface area contributed by atoms with E-state index in [9.17, 15) is 26.7 Å². The maximum atomic E-state index is 12.9. The number of alkyl halides is 5. The van der Waals surface area contributed by atoms with Crippen LogP contribution in [0.5, 0.6) is 0 Å². The lowest BCUT2D eigenvalue weighted by Crippen LogP contribution is -2.20. The molecule has 1 aromatic rings. The van der Waals surface area contributed by atoms with Crippen molar-refractivity contribution in [3.8, 4) is 0 Å². The van der Waals surface area contributed by atoms with Crippen LogP contribution < -0.4 is 5.73 Å². The number of hydrogen-bond donors (Lipinski definition) is 2. The maximum Gasteiger partial charge on any atom is 0.418 e. The van der Waals surface area contributed by atoms with Crippen molar-refractivity contribution in [3.63, 3.8) is 0 Å². The number of nitrogens with two attached hydrogens (primary N) is 1. The van der Waals surface area contributed by atoms with Crippen LogP contribution in [0.1, 0.15) is 28.8 Å². The molecule has 1 rings (SSSR count). The van der Waals surface area contributed by atoms with Gasteiger partial charge in [0.15, 0.2) is 0 Å². The smallest absolute Gasteiger partial charge is 0.418 e. The second kappa shape index (κ2) is 5.47. The minimum Gasteiger partial charge on any atom is -0.481 e. The second-order valence-corrected chi connectivity index (χ2v) is 3.59. The minimum atomic E-state index is -5.00. The zero-order chi connectivity index (χ0) is 14.8. The molecule has 0 aromatic carbocycles. The molecular formula is C10H9F5N2O2. The molecule has 0 aliphatic carbocycles. The van der Waals surface area contributed by atoms with E-state index in [1.54, 1.807) is 0 Å². The van der Waals surface area contributed by atoms with Crippen LogP contribution in [0.4, 0.5) is 22.0 Å². The Bertz CT molecular complexity index is 488. The SMILES string of the molecule is NCc1c(C(F)F)cnc(CC(=O)O)c1C(F)(F)F. The summed E-state index contributed by atoms with van der Waals surface area (Å²) in [5.74, 6) is -1.55. The summed E-state index contributed by atoms with van der Waals surface area (Å²) < 4.78 is 63.8. The number of hydrogen-bond acceptors (Lipinski definition) is 3. The molecule has 4 nitrogen and oxygen atoms in total. The van der Waals surface area contributed by atoms with Gasteiger partial charge in [0.1, 0.15) is 0 Å². The number of carboxylic acids is 1. The van der Waals surface area contributed by atoms with Gasteiger partial charge in [0.25, 0.3) is 6.43 Å². The van der Waals surface area contributed by atoms with Crippen LogP contribution in [0, 0.1) is 0 Å². The third-order valence-electron chi connectivity index (χ3n) is 2.34. The molecule has 3 N–H and O–H groups in total. The van der Waals surface area contributed by atoms with Crippen molar-refractivity contribution < 1.29 is 31.9 Å². The first-order valence-corrected chi connectivity index (χ1v) is 4.96. The predicted molar refractivity (Wildman–Crippen MR) is 53.4 cm³/mol. The van der Waals surface area contributed by atoms with Crippen molar-refractivity contribution in [3.05, 3.63) is 28.6 Å². The third-order valence-corrected chi connectivity index (χ3v) is 2.34. The number of carboxylic acid groups (broad SMARTS) is 1. The van der Waals surface area contributed by atoms with E-state index >= 15 is 0 Å². The van der Waals surface area contributed by atoms with Crippen LogP contribution in [-0.2, 0) is 23.9 Å². The average Bonchev–Trinajstić information content (AvgIpc) is 2.25. The molecule has 0 atom stereocenters. The first-order chi connectivity index (χ1) is 8.68. The Hall–Kier alpha value is -1.77. The molecule has 0 radical (unpaired) electrons. The second-order valence-electron chi connectivity index (χ2n) is 3.59. The molecular weight excluding hydrogens is 275 g/mol. The van der Waals surface area contributed by atoms with Gasteiger partial charge in [-0.05, 0) is 5.56 Å². The van der Waals surface area contributed by atoms with Gasteiger partial charge in [0.05, 0.1) is 17.7 Å². The molecule has 0 amide bonds. The van der Waals surface area contributed by atoms with E-state index < -0.39 is 53.9 Å². The van der Waals surface area contributed by atoms with E-state index in [0.717, 1.165) is 0 Å². The lowest BCUT2D eigenvalue weighted by atomic mass is 9.99. The number of halogens is 5. The van der Waals surface area contributed by atoms with E-state index in [4.69, 9.17) is 10.8 Å². The summed E-state index contributed by atoms with van der Waals surface area (Å²) in [5.41, 5.74) is 0.992. The van der Waals surface area contributed by atoms with Crippen molar-refractivity contribution in [2.24, 2.45) is 5.73 Å². The van der Waals surface area contributed by atoms with Gasteiger partial charge in [-0.2, -0.15) is 13.2 Å². The number of carbonyl (C=O) groups is 1. The Labute approximate surface area is 104 Å². The van der Waals surface area contributed by atoms with Gasteiger partial charge < -0.3 is 10.8 Å². The summed E-state index contributed by atoms with van der Waals surface area (Å²) in [7, 11) is 0. The molecule has 19 heavy (non-hydrogen) atoms. The first kappa shape index (κ1) is 15.3. The fraction of sp³-hybridized carbons (Fsp3) is 0.400. The number of aromatic nitrogens is 1. The molecule has 1 aromatic heterocycles. The van der Waals surface area contributed by atoms with Crippen LogP contribution >= 0.6 is 0 Å². The number of rotatable bonds is 4. The van der Waals surface area contributed by atoms with Crippen LogP contribution in [0.2, 0.25) is 0 Å². The summed E-state index contributed by atoms with van der Waals surface area (Å²) in [5, 5.41) is 8.51. The molecule has 0 saturated heterocycles. The van der Waals surface area contributed by atoms with E-state index in [1.807, 2.05) is 0 Å². The zero-order valence-electron chi connectivity index (χ0n) is 9.34. The van der Waals surface area contributed by atoms with Crippen molar-refractivity contribution in [2.45, 2.75) is 25.6 Å². The van der Waals surface area contributed by atoms with Crippen molar-refractivity contribution in [1.29, 1.82) is 0 Å². The quantitative estimate of drug-likeness (QED) is 0.830. The summed E-state index contributed by atoms with van der Waals surface area (Å²) in [6.45, 7) is -0.788. The van der Waals surface area contributed by atoms with Crippen LogP contribution in [0.3, 0.4) is 0 Å². The zero-order valence-corrected chi connectivity index (χ0v) is 9.34. The summed E-state index contributed by atoms with van der Waals surface area (Å²) in [6, 6.07) is 0. The summed E-state index contributed by atoms with van der Waals surface area (Å²) in [6.07, 6.45) is -8.67. The number of nitrogens with zero attached hydrogens (tertiary/aromatic N) is 1. The van der Waals surface area contributed by atoms with Crippen LogP contribution in [0.15, 0.2) is 6.20 Å². The number of pyridine rings is 1. The Kier molecular flexibility index (Phi) is 4.40. The molecule has 0 saturated carbocycles. The van der Waals surface area contributed by atoms with Gasteiger partial charge in [0.2, 0.25) is 0 Å². The molecule has 1 heterocycles. The Morgan fingerprint density at radius 1 is 1.42 bits per heavy atom. The van der Waals surface area contributed by atoms with Gasteiger partial charge in [-0.25, -0.2) is 8.78 Å².